The van der Waals surface area contributed by atoms with Gasteiger partial charge in [-0.2, -0.15) is 6.20 Å². The Morgan fingerprint density at radius 1 is 0.552 bits per heavy atom. The van der Waals surface area contributed by atoms with Crippen molar-refractivity contribution in [1.82, 2.24) is 0 Å². The van der Waals surface area contributed by atoms with E-state index >= 15 is 0 Å². The Hall–Kier alpha value is -0.910. The molecular formula is C57H87Cl2KN3O3Y. The van der Waals surface area contributed by atoms with E-state index in [2.05, 4.69) is 162 Å². The van der Waals surface area contributed by atoms with Gasteiger partial charge in [-0.15, -0.1) is 11.4 Å². The number of ether oxygens (including phenoxy) is 3. The number of para-hydroxylation sites is 2. The van der Waals surface area contributed by atoms with E-state index < -0.39 is 0 Å². The maximum absolute atomic E-state index is 8.01. The molecule has 0 unspecified atom stereocenters. The Morgan fingerprint density at radius 2 is 0.896 bits per heavy atom. The maximum atomic E-state index is 8.01. The van der Waals surface area contributed by atoms with Crippen LogP contribution in [0, 0.1) is 0 Å². The van der Waals surface area contributed by atoms with Gasteiger partial charge in [0, 0.05) is 45.9 Å². The van der Waals surface area contributed by atoms with Crippen LogP contribution in [0.15, 0.2) is 96.1 Å². The number of rotatable bonds is 15. The first kappa shape index (κ1) is 72.6. The molecule has 0 spiro atoms. The number of aliphatic imine (C=N–C) groups is 1. The number of nitrogens with one attached hydrogen (secondary N) is 1. The summed E-state index contributed by atoms with van der Waals surface area (Å²) in [5.74, 6) is 2.52. The zero-order valence-electron chi connectivity index (χ0n) is 44.8. The van der Waals surface area contributed by atoms with Gasteiger partial charge >= 0.3 is 84.1 Å². The van der Waals surface area contributed by atoms with Crippen molar-refractivity contribution in [2.75, 3.05) is 39.6 Å². The Labute approximate surface area is 491 Å². The summed E-state index contributed by atoms with van der Waals surface area (Å²) in [5.41, 5.74) is 20.5. The monoisotopic (exact) mass is 1060 g/mol. The second-order valence-corrected chi connectivity index (χ2v) is 17.5. The molecule has 1 saturated heterocycles. The second-order valence-electron chi connectivity index (χ2n) is 17.5. The van der Waals surface area contributed by atoms with Crippen molar-refractivity contribution < 1.29 is 123 Å². The number of hydrogen-bond donors (Lipinski definition) is 0. The van der Waals surface area contributed by atoms with Crippen molar-refractivity contribution in [2.45, 2.75) is 159 Å². The summed E-state index contributed by atoms with van der Waals surface area (Å²) >= 11 is 0. The van der Waals surface area contributed by atoms with Gasteiger partial charge in [-0.25, -0.2) is 0 Å². The van der Waals surface area contributed by atoms with Crippen molar-refractivity contribution in [1.29, 1.82) is 0 Å². The standard InChI is InChI=1S/C33H41N2.C12H18N.C4H8O.2C4H10O.2ClH.K.Y/c1-22(2)28-16-12-17-29(23(3)4)32(28)34-20-27(26-14-10-9-11-15-26)21-35-33-30(24(5)6)18-13-19-31(33)25(7)8;1-8(2)10-6-5-7-11(9(3)4)12(10)13;1-2-4-5-3-1;2*1-3-5-4-2;;;;/h9-25H,1-8H3;5-9,13H,1-4H3;1-4H2;2*3-4H2,1-2H3;2*1H;;/q2*-1;;;;;;+1;+3/p-2/b27-20+,35-21?;;;;;;;;. The van der Waals surface area contributed by atoms with Crippen LogP contribution in [0.1, 0.15) is 198 Å². The number of benzene rings is 4. The Bertz CT molecular complexity index is 1790. The first-order valence-corrected chi connectivity index (χ1v) is 23.9. The molecule has 0 radical (unpaired) electrons. The summed E-state index contributed by atoms with van der Waals surface area (Å²) in [6, 6.07) is 29.7. The molecule has 1 fully saturated rings. The molecule has 5 rings (SSSR count). The van der Waals surface area contributed by atoms with E-state index in [0.717, 1.165) is 79.0 Å². The third kappa shape index (κ3) is 28.1. The molecular weight excluding hydrogens is 974 g/mol. The summed E-state index contributed by atoms with van der Waals surface area (Å²) in [4.78, 5) is 5.10. The smallest absolute Gasteiger partial charge is 1.00 e. The topological polar surface area (TPSA) is 78.0 Å². The average Bonchev–Trinajstić information content (AvgIpc) is 3.86. The molecule has 6 nitrogen and oxygen atoms in total. The minimum Gasteiger partial charge on any atom is -1.00 e. The van der Waals surface area contributed by atoms with Crippen molar-refractivity contribution in [3.8, 4) is 0 Å². The van der Waals surface area contributed by atoms with Crippen LogP contribution in [0.25, 0.3) is 16.6 Å². The van der Waals surface area contributed by atoms with Crippen molar-refractivity contribution in [2.24, 2.45) is 4.99 Å². The fraction of sp³-hybridized carbons (Fsp3) is 0.526. The predicted molar refractivity (Wildman–Crippen MR) is 278 cm³/mol. The van der Waals surface area contributed by atoms with Crippen LogP contribution in [0.2, 0.25) is 0 Å². The fourth-order valence-electron chi connectivity index (χ4n) is 6.87. The zero-order valence-corrected chi connectivity index (χ0v) is 52.3. The van der Waals surface area contributed by atoms with Gasteiger partial charge in [0.15, 0.2) is 0 Å². The molecule has 0 aliphatic carbocycles. The zero-order chi connectivity index (χ0) is 47.3. The SMILES string of the molecule is C1CCOC1.CC(C)c1cccc(C(C)C)c1N=C/C(=C\[N-]c1c(C(C)C)cccc1C(C)C)c1ccccc1.CC(C)c1cccc(C(C)C)c1[NH-].CCOCC.CCOCC.[Cl-].[Cl-].[K+].[Y+3]. The molecule has 1 N–H and O–H groups in total. The summed E-state index contributed by atoms with van der Waals surface area (Å²) in [7, 11) is 0. The summed E-state index contributed by atoms with van der Waals surface area (Å²) in [5, 5.41) is 5.10. The van der Waals surface area contributed by atoms with Crippen LogP contribution in [-0.2, 0) is 46.9 Å². The average molecular weight is 1060 g/mol. The molecule has 1 heterocycles. The van der Waals surface area contributed by atoms with Crippen LogP contribution < -0.4 is 76.2 Å². The molecule has 0 saturated carbocycles. The van der Waals surface area contributed by atoms with Crippen LogP contribution in [-0.4, -0.2) is 45.9 Å². The predicted octanol–water partition coefficient (Wildman–Crippen LogP) is 9.14. The van der Waals surface area contributed by atoms with E-state index in [1.807, 2.05) is 46.2 Å². The Morgan fingerprint density at radius 3 is 1.19 bits per heavy atom. The normalized spacial score (nSPS) is 11.8. The summed E-state index contributed by atoms with van der Waals surface area (Å²) < 4.78 is 14.6. The second kappa shape index (κ2) is 42.7. The van der Waals surface area contributed by atoms with Gasteiger partial charge in [0.1, 0.15) is 0 Å². The van der Waals surface area contributed by atoms with Gasteiger partial charge < -0.3 is 50.1 Å². The van der Waals surface area contributed by atoms with E-state index in [0.29, 0.717) is 35.5 Å². The minimum atomic E-state index is 0. The maximum Gasteiger partial charge on any atom is 3.00 e. The number of halogens is 2. The fourth-order valence-corrected chi connectivity index (χ4v) is 6.87. The van der Waals surface area contributed by atoms with Gasteiger partial charge in [0.2, 0.25) is 0 Å². The largest absolute Gasteiger partial charge is 3.00 e. The van der Waals surface area contributed by atoms with Crippen LogP contribution in [0.4, 0.5) is 17.1 Å². The summed E-state index contributed by atoms with van der Waals surface area (Å²) in [6.07, 6.45) is 6.55. The first-order chi connectivity index (χ1) is 30.1. The number of nitrogens with zero attached hydrogens (tertiary/aromatic N) is 2. The third-order valence-electron chi connectivity index (χ3n) is 10.5. The van der Waals surface area contributed by atoms with E-state index in [-0.39, 0.29) is 109 Å². The van der Waals surface area contributed by atoms with Gasteiger partial charge in [-0.1, -0.05) is 190 Å². The van der Waals surface area contributed by atoms with Gasteiger partial charge in [-0.3, -0.25) is 4.99 Å². The van der Waals surface area contributed by atoms with E-state index in [1.165, 1.54) is 35.1 Å². The molecule has 4 aromatic rings. The molecule has 0 atom stereocenters. The van der Waals surface area contributed by atoms with E-state index in [1.54, 1.807) is 0 Å². The van der Waals surface area contributed by atoms with E-state index in [4.69, 9.17) is 30.3 Å². The van der Waals surface area contributed by atoms with E-state index in [9.17, 15) is 0 Å². The molecule has 0 aromatic heterocycles. The van der Waals surface area contributed by atoms with Gasteiger partial charge in [-0.05, 0) is 98.3 Å². The molecule has 0 amide bonds. The number of hydrogen-bond acceptors (Lipinski definition) is 4. The quantitative estimate of drug-likeness (QED) is 0.0881. The van der Waals surface area contributed by atoms with Crippen LogP contribution in [0.5, 0.6) is 0 Å². The third-order valence-corrected chi connectivity index (χ3v) is 10.5. The molecule has 67 heavy (non-hydrogen) atoms. The molecule has 1 aliphatic heterocycles. The Balaban J connectivity index is -0.000000506. The number of allylic oxidation sites excluding steroid dienone is 1. The molecule has 4 aromatic carbocycles. The molecule has 1 aliphatic rings. The summed E-state index contributed by atoms with van der Waals surface area (Å²) in [6.45, 7) is 39.8. The first-order valence-electron chi connectivity index (χ1n) is 23.9. The van der Waals surface area contributed by atoms with Crippen LogP contribution in [0.3, 0.4) is 0 Å². The minimum absolute atomic E-state index is 0. The van der Waals surface area contributed by atoms with Crippen molar-refractivity contribution in [3.63, 3.8) is 0 Å². The molecule has 366 valence electrons. The molecule has 0 bridgehead atoms. The van der Waals surface area contributed by atoms with Gasteiger partial charge in [0.05, 0.1) is 5.69 Å². The Kier molecular flexibility index (Phi) is 46.3. The van der Waals surface area contributed by atoms with Crippen LogP contribution >= 0.6 is 0 Å². The van der Waals surface area contributed by atoms with Gasteiger partial charge in [0.25, 0.3) is 0 Å². The molecule has 10 heteroatoms. The van der Waals surface area contributed by atoms with Crippen molar-refractivity contribution >= 4 is 28.8 Å². The van der Waals surface area contributed by atoms with Crippen molar-refractivity contribution in [3.05, 3.63) is 141 Å².